The molecule has 1 fully saturated rings. The van der Waals surface area contributed by atoms with Crippen LogP contribution in [0.1, 0.15) is 31.7 Å². The van der Waals surface area contributed by atoms with Gasteiger partial charge in [-0.05, 0) is 6.42 Å². The lowest BCUT2D eigenvalue weighted by atomic mass is 10.1. The van der Waals surface area contributed by atoms with Gasteiger partial charge in [-0.2, -0.15) is 5.10 Å². The maximum Gasteiger partial charge on any atom is 0.166 e. The molecular weight excluding hydrogens is 390 g/mol. The van der Waals surface area contributed by atoms with Crippen LogP contribution < -0.4 is 11.5 Å². The van der Waals surface area contributed by atoms with Crippen LogP contribution >= 0.6 is 0 Å². The molecule has 11 nitrogen and oxygen atoms in total. The second kappa shape index (κ2) is 9.39. The molecule has 2 aliphatic rings. The number of nitrogens with two attached hydrogens (primary N) is 2. The molecule has 0 aliphatic carbocycles. The minimum absolute atomic E-state index is 0.0673. The van der Waals surface area contributed by atoms with Gasteiger partial charge in [0.2, 0.25) is 0 Å². The highest BCUT2D eigenvalue weighted by Crippen LogP contribution is 2.28. The van der Waals surface area contributed by atoms with E-state index in [9.17, 15) is 15.3 Å². The Morgan fingerprint density at radius 1 is 1.30 bits per heavy atom. The average Bonchev–Trinajstić information content (AvgIpc) is 3.41. The molecule has 1 saturated heterocycles. The second-order valence-corrected chi connectivity index (χ2v) is 7.27. The number of aryl methyl sites for hydroxylation is 1. The van der Waals surface area contributed by atoms with Crippen molar-refractivity contribution < 1.29 is 20.1 Å². The van der Waals surface area contributed by atoms with E-state index in [2.05, 4.69) is 28.6 Å². The molecule has 0 aromatic carbocycles. The zero-order chi connectivity index (χ0) is 21.8. The summed E-state index contributed by atoms with van der Waals surface area (Å²) < 4.78 is 7.41. The first-order valence-corrected chi connectivity index (χ1v) is 9.88. The smallest absolute Gasteiger partial charge is 0.166 e. The number of hydrogen-bond acceptors (Lipinski definition) is 9. The summed E-state index contributed by atoms with van der Waals surface area (Å²) in [4.78, 5) is 10.1. The second-order valence-electron chi connectivity index (χ2n) is 7.27. The molecule has 3 heterocycles. The van der Waals surface area contributed by atoms with Crippen LogP contribution in [-0.4, -0.2) is 73.3 Å². The van der Waals surface area contributed by atoms with Crippen LogP contribution in [0, 0.1) is 0 Å². The number of aromatic nitrogens is 2. The van der Waals surface area contributed by atoms with Gasteiger partial charge in [0, 0.05) is 18.3 Å². The molecule has 1 aromatic rings. The van der Waals surface area contributed by atoms with Crippen molar-refractivity contribution in [3.63, 3.8) is 0 Å². The summed E-state index contributed by atoms with van der Waals surface area (Å²) in [5.74, 6) is 0.149. The number of hydrogen-bond donors (Lipinski definition) is 5. The van der Waals surface area contributed by atoms with E-state index >= 15 is 0 Å². The van der Waals surface area contributed by atoms with E-state index in [1.54, 1.807) is 6.20 Å². The van der Waals surface area contributed by atoms with E-state index in [4.69, 9.17) is 16.2 Å². The highest BCUT2D eigenvalue weighted by Gasteiger charge is 2.47. The third-order valence-corrected chi connectivity index (χ3v) is 5.03. The van der Waals surface area contributed by atoms with Crippen molar-refractivity contribution in [2.75, 3.05) is 6.61 Å². The largest absolute Gasteiger partial charge is 0.394 e. The normalized spacial score (nSPS) is 27.4. The first-order valence-electron chi connectivity index (χ1n) is 9.88. The minimum Gasteiger partial charge on any atom is -0.394 e. The molecule has 3 rings (SSSR count). The SMILES string of the molecule is C=C(/N=C1\C(=C(N)N)N=CN1C1O[C@@H](CO)[C@H](O)[C@@H]1O)c1cnn(CCCCC)c1. The first-order chi connectivity index (χ1) is 14.4. The van der Waals surface area contributed by atoms with Gasteiger partial charge in [-0.25, -0.2) is 9.98 Å². The van der Waals surface area contributed by atoms with Crippen molar-refractivity contribution in [2.45, 2.75) is 57.3 Å². The van der Waals surface area contributed by atoms with Crippen molar-refractivity contribution >= 4 is 17.9 Å². The van der Waals surface area contributed by atoms with Gasteiger partial charge in [-0.1, -0.05) is 26.3 Å². The lowest BCUT2D eigenvalue weighted by molar-refractivity contribution is -0.0506. The Labute approximate surface area is 174 Å². The molecule has 0 bridgehead atoms. The summed E-state index contributed by atoms with van der Waals surface area (Å²) in [5, 5.41) is 34.1. The summed E-state index contributed by atoms with van der Waals surface area (Å²) in [6.07, 6.45) is 3.63. The minimum atomic E-state index is -1.30. The number of ether oxygens (including phenoxy) is 1. The number of unbranched alkanes of at least 4 members (excludes halogenated alkanes) is 2. The first kappa shape index (κ1) is 22.0. The van der Waals surface area contributed by atoms with E-state index < -0.39 is 31.1 Å². The average molecular weight is 419 g/mol. The number of nitrogens with zero attached hydrogens (tertiary/aromatic N) is 5. The molecule has 4 atom stereocenters. The molecule has 1 aromatic heterocycles. The van der Waals surface area contributed by atoms with E-state index in [0.717, 1.165) is 25.8 Å². The Morgan fingerprint density at radius 3 is 2.70 bits per heavy atom. The van der Waals surface area contributed by atoms with Crippen LogP contribution in [-0.2, 0) is 11.3 Å². The standard InChI is InChI=1S/C19H29N7O4/c1-3-4-5-6-25-8-12(7-23-25)11(2)24-18-14(17(20)21)22-10-26(18)19-16(29)15(28)13(9-27)30-19/h7-8,10,13,15-16,19,27-29H,2-6,9,20-21H2,1H3/b24-18+/t13-,15-,16-,19?/m0/s1. The van der Waals surface area contributed by atoms with Gasteiger partial charge in [-0.15, -0.1) is 0 Å². The third kappa shape index (κ3) is 4.38. The van der Waals surface area contributed by atoms with Gasteiger partial charge < -0.3 is 31.5 Å². The van der Waals surface area contributed by atoms with Gasteiger partial charge in [0.25, 0.3) is 0 Å². The van der Waals surface area contributed by atoms with Gasteiger partial charge in [0.05, 0.1) is 24.8 Å². The maximum absolute atomic E-state index is 10.4. The molecule has 0 spiro atoms. The zero-order valence-corrected chi connectivity index (χ0v) is 16.9. The molecule has 0 radical (unpaired) electrons. The van der Waals surface area contributed by atoms with Gasteiger partial charge >= 0.3 is 0 Å². The molecule has 30 heavy (non-hydrogen) atoms. The maximum atomic E-state index is 10.4. The predicted molar refractivity (Wildman–Crippen MR) is 112 cm³/mol. The molecule has 164 valence electrons. The Bertz CT molecular complexity index is 859. The molecule has 1 unspecified atom stereocenters. The number of aliphatic hydroxyl groups is 3. The third-order valence-electron chi connectivity index (χ3n) is 5.03. The van der Waals surface area contributed by atoms with Gasteiger partial charge in [0.15, 0.2) is 12.1 Å². The fourth-order valence-corrected chi connectivity index (χ4v) is 3.32. The van der Waals surface area contributed by atoms with Crippen LogP contribution in [0.15, 0.2) is 40.5 Å². The molecule has 0 amide bonds. The van der Waals surface area contributed by atoms with Crippen LogP contribution in [0.2, 0.25) is 0 Å². The van der Waals surface area contributed by atoms with Crippen molar-refractivity contribution in [1.82, 2.24) is 14.7 Å². The highest BCUT2D eigenvalue weighted by atomic mass is 16.6. The topological polar surface area (TPSA) is 168 Å². The lowest BCUT2D eigenvalue weighted by Gasteiger charge is -2.25. The van der Waals surface area contributed by atoms with Gasteiger partial charge in [-0.3, -0.25) is 9.58 Å². The predicted octanol–water partition coefficient (Wildman–Crippen LogP) is -0.688. The van der Waals surface area contributed by atoms with E-state index in [0.29, 0.717) is 11.3 Å². The summed E-state index contributed by atoms with van der Waals surface area (Å²) in [7, 11) is 0. The fraction of sp³-hybridized carbons (Fsp3) is 0.526. The Morgan fingerprint density at radius 2 is 2.07 bits per heavy atom. The number of aliphatic hydroxyl groups excluding tert-OH is 3. The van der Waals surface area contributed by atoms with E-state index in [-0.39, 0.29) is 17.4 Å². The summed E-state index contributed by atoms with van der Waals surface area (Å²) >= 11 is 0. The van der Waals surface area contributed by atoms with Crippen LogP contribution in [0.5, 0.6) is 0 Å². The quantitative estimate of drug-likeness (QED) is 0.345. The summed E-state index contributed by atoms with van der Waals surface area (Å²) in [6, 6.07) is 0. The summed E-state index contributed by atoms with van der Waals surface area (Å²) in [5.41, 5.74) is 12.8. The Hall–Kier alpha value is -2.73. The molecular formula is C19H29N7O4. The van der Waals surface area contributed by atoms with Crippen molar-refractivity contribution in [2.24, 2.45) is 21.5 Å². The highest BCUT2D eigenvalue weighted by molar-refractivity contribution is 6.11. The summed E-state index contributed by atoms with van der Waals surface area (Å²) in [6.45, 7) is 6.50. The number of amidine groups is 1. The molecule has 0 saturated carbocycles. The molecule has 11 heteroatoms. The van der Waals surface area contributed by atoms with Crippen LogP contribution in [0.3, 0.4) is 0 Å². The Kier molecular flexibility index (Phi) is 6.87. The molecule has 7 N–H and O–H groups in total. The fourth-order valence-electron chi connectivity index (χ4n) is 3.32. The van der Waals surface area contributed by atoms with Gasteiger partial charge in [0.1, 0.15) is 29.8 Å². The van der Waals surface area contributed by atoms with E-state index in [1.807, 2.05) is 10.9 Å². The van der Waals surface area contributed by atoms with Crippen molar-refractivity contribution in [1.29, 1.82) is 0 Å². The monoisotopic (exact) mass is 419 g/mol. The van der Waals surface area contributed by atoms with Crippen molar-refractivity contribution in [3.8, 4) is 0 Å². The Balaban J connectivity index is 1.84. The number of rotatable bonds is 8. The van der Waals surface area contributed by atoms with Crippen LogP contribution in [0.25, 0.3) is 5.70 Å². The van der Waals surface area contributed by atoms with Crippen LogP contribution in [0.4, 0.5) is 0 Å². The van der Waals surface area contributed by atoms with Crippen molar-refractivity contribution in [3.05, 3.63) is 36.1 Å². The lowest BCUT2D eigenvalue weighted by Crippen LogP contribution is -2.45. The van der Waals surface area contributed by atoms with E-state index in [1.165, 1.54) is 11.2 Å². The zero-order valence-electron chi connectivity index (χ0n) is 16.9. The number of aliphatic imine (C=N–C) groups is 2. The molecule has 2 aliphatic heterocycles.